The predicted molar refractivity (Wildman–Crippen MR) is 105 cm³/mol. The number of hydrogen-bond donors (Lipinski definition) is 0. The molecular formula is C20H25N3OS. The van der Waals surface area contributed by atoms with Gasteiger partial charge in [0.15, 0.2) is 0 Å². The summed E-state index contributed by atoms with van der Waals surface area (Å²) in [6.07, 6.45) is 2.06. The first-order chi connectivity index (χ1) is 12.1. The minimum absolute atomic E-state index is 0.217. The van der Waals surface area contributed by atoms with E-state index in [0.717, 1.165) is 43.9 Å². The molecule has 25 heavy (non-hydrogen) atoms. The molecule has 0 saturated heterocycles. The molecule has 1 amide bonds. The number of nitrogens with zero attached hydrogens (tertiary/aromatic N) is 3. The molecule has 4 nitrogen and oxygen atoms in total. The third-order valence-corrected chi connectivity index (χ3v) is 6.41. The molecule has 4 rings (SSSR count). The number of rotatable bonds is 2. The standard InChI is InChI=1S/C20H25N3OS/c1-15-7-10-21(2)17-5-3-4-6-18(17)23(15)20(24)14-22-11-8-19-16(13-22)9-12-25-19/h3-6,9,12,15H,7-8,10-11,13-14H2,1-2H3/t15-/m1/s1. The van der Waals surface area contributed by atoms with Gasteiger partial charge >= 0.3 is 0 Å². The van der Waals surface area contributed by atoms with E-state index in [1.807, 2.05) is 22.3 Å². The van der Waals surface area contributed by atoms with Crippen molar-refractivity contribution in [3.05, 3.63) is 46.2 Å². The van der Waals surface area contributed by atoms with Crippen LogP contribution in [0.3, 0.4) is 0 Å². The fraction of sp³-hybridized carbons (Fsp3) is 0.450. The van der Waals surface area contributed by atoms with E-state index in [1.165, 1.54) is 10.4 Å². The molecule has 2 aromatic rings. The van der Waals surface area contributed by atoms with Crippen LogP contribution in [0.25, 0.3) is 0 Å². The van der Waals surface area contributed by atoms with E-state index in [0.29, 0.717) is 6.54 Å². The van der Waals surface area contributed by atoms with Crippen molar-refractivity contribution in [2.24, 2.45) is 0 Å². The van der Waals surface area contributed by atoms with Gasteiger partial charge in [0.05, 0.1) is 17.9 Å². The summed E-state index contributed by atoms with van der Waals surface area (Å²) in [6, 6.07) is 10.7. The van der Waals surface area contributed by atoms with Crippen LogP contribution in [0.1, 0.15) is 23.8 Å². The van der Waals surface area contributed by atoms with Gasteiger partial charge in [-0.25, -0.2) is 0 Å². The largest absolute Gasteiger partial charge is 0.373 e. The Morgan fingerprint density at radius 2 is 2.00 bits per heavy atom. The first kappa shape index (κ1) is 16.6. The fourth-order valence-corrected chi connectivity index (χ4v) is 4.84. The highest BCUT2D eigenvalue weighted by molar-refractivity contribution is 7.10. The SMILES string of the molecule is C[C@@H]1CCN(C)c2ccccc2N1C(=O)CN1CCc2sccc2C1. The number of hydrogen-bond acceptors (Lipinski definition) is 4. The van der Waals surface area contributed by atoms with Crippen molar-refractivity contribution < 1.29 is 4.79 Å². The van der Waals surface area contributed by atoms with Crippen molar-refractivity contribution in [1.82, 2.24) is 4.90 Å². The second-order valence-electron chi connectivity index (χ2n) is 7.14. The Balaban J connectivity index is 1.55. The van der Waals surface area contributed by atoms with Gasteiger partial charge in [0.1, 0.15) is 0 Å². The molecule has 0 unspecified atom stereocenters. The van der Waals surface area contributed by atoms with Gasteiger partial charge in [0.25, 0.3) is 0 Å². The van der Waals surface area contributed by atoms with Gasteiger partial charge < -0.3 is 9.80 Å². The molecule has 2 aliphatic heterocycles. The van der Waals surface area contributed by atoms with E-state index in [-0.39, 0.29) is 11.9 Å². The van der Waals surface area contributed by atoms with Gasteiger partial charge in [-0.3, -0.25) is 9.69 Å². The van der Waals surface area contributed by atoms with Gasteiger partial charge in [0, 0.05) is 37.6 Å². The van der Waals surface area contributed by atoms with E-state index in [1.54, 1.807) is 0 Å². The maximum atomic E-state index is 13.2. The molecular weight excluding hydrogens is 330 g/mol. The molecule has 0 bridgehead atoms. The molecule has 0 radical (unpaired) electrons. The number of carbonyl (C=O) groups is 1. The van der Waals surface area contributed by atoms with Gasteiger partial charge in [-0.2, -0.15) is 0 Å². The second-order valence-corrected chi connectivity index (χ2v) is 8.14. The zero-order valence-corrected chi connectivity index (χ0v) is 15.8. The Labute approximate surface area is 153 Å². The van der Waals surface area contributed by atoms with Gasteiger partial charge in [0.2, 0.25) is 5.91 Å². The number of carbonyl (C=O) groups excluding carboxylic acids is 1. The monoisotopic (exact) mass is 355 g/mol. The highest BCUT2D eigenvalue weighted by Crippen LogP contribution is 2.34. The highest BCUT2D eigenvalue weighted by Gasteiger charge is 2.30. The molecule has 3 heterocycles. The Bertz CT molecular complexity index is 772. The lowest BCUT2D eigenvalue weighted by molar-refractivity contribution is -0.120. The Morgan fingerprint density at radius 3 is 2.84 bits per heavy atom. The fourth-order valence-electron chi connectivity index (χ4n) is 3.95. The molecule has 0 aliphatic carbocycles. The zero-order valence-electron chi connectivity index (χ0n) is 14.9. The van der Waals surface area contributed by atoms with Crippen molar-refractivity contribution in [3.63, 3.8) is 0 Å². The predicted octanol–water partition coefficient (Wildman–Crippen LogP) is 3.37. The summed E-state index contributed by atoms with van der Waals surface area (Å²) in [5, 5.41) is 2.17. The van der Waals surface area contributed by atoms with Crippen LogP contribution in [-0.2, 0) is 17.8 Å². The third kappa shape index (κ3) is 3.18. The van der Waals surface area contributed by atoms with Crippen LogP contribution >= 0.6 is 11.3 Å². The molecule has 1 aromatic carbocycles. The summed E-state index contributed by atoms with van der Waals surface area (Å²) >= 11 is 1.84. The van der Waals surface area contributed by atoms with Crippen molar-refractivity contribution in [1.29, 1.82) is 0 Å². The number of para-hydroxylation sites is 2. The van der Waals surface area contributed by atoms with E-state index in [2.05, 4.69) is 53.4 Å². The summed E-state index contributed by atoms with van der Waals surface area (Å²) in [5.74, 6) is 0.217. The maximum absolute atomic E-state index is 13.2. The summed E-state index contributed by atoms with van der Waals surface area (Å²) < 4.78 is 0. The van der Waals surface area contributed by atoms with Gasteiger partial charge in [-0.1, -0.05) is 12.1 Å². The lowest BCUT2D eigenvalue weighted by Crippen LogP contribution is -2.45. The highest BCUT2D eigenvalue weighted by atomic mass is 32.1. The Kier molecular flexibility index (Phi) is 4.52. The zero-order chi connectivity index (χ0) is 17.4. The van der Waals surface area contributed by atoms with E-state index >= 15 is 0 Å². The number of anilines is 2. The number of benzene rings is 1. The van der Waals surface area contributed by atoms with Crippen LogP contribution in [0.2, 0.25) is 0 Å². The second kappa shape index (κ2) is 6.81. The van der Waals surface area contributed by atoms with Crippen molar-refractivity contribution in [2.75, 3.05) is 36.5 Å². The first-order valence-corrected chi connectivity index (χ1v) is 9.91. The van der Waals surface area contributed by atoms with E-state index < -0.39 is 0 Å². The first-order valence-electron chi connectivity index (χ1n) is 9.03. The summed E-state index contributed by atoms with van der Waals surface area (Å²) in [6.45, 7) is 5.51. The molecule has 1 atom stereocenters. The molecule has 1 aromatic heterocycles. The summed E-state index contributed by atoms with van der Waals surface area (Å²) in [7, 11) is 2.11. The minimum Gasteiger partial charge on any atom is -0.373 e. The molecule has 132 valence electrons. The lowest BCUT2D eigenvalue weighted by Gasteiger charge is -2.32. The summed E-state index contributed by atoms with van der Waals surface area (Å²) in [4.78, 5) is 21.3. The molecule has 0 fully saturated rings. The van der Waals surface area contributed by atoms with Crippen LogP contribution < -0.4 is 9.80 Å². The maximum Gasteiger partial charge on any atom is 0.241 e. The summed E-state index contributed by atoms with van der Waals surface area (Å²) in [5.41, 5.74) is 3.60. The van der Waals surface area contributed by atoms with Crippen LogP contribution in [-0.4, -0.2) is 43.5 Å². The Hall–Kier alpha value is -1.85. The molecule has 0 spiro atoms. The number of fused-ring (bicyclic) bond motifs is 2. The van der Waals surface area contributed by atoms with Gasteiger partial charge in [-0.15, -0.1) is 11.3 Å². The van der Waals surface area contributed by atoms with Crippen molar-refractivity contribution in [2.45, 2.75) is 32.4 Å². The lowest BCUT2D eigenvalue weighted by atomic mass is 10.1. The quantitative estimate of drug-likeness (QED) is 0.826. The Morgan fingerprint density at radius 1 is 1.20 bits per heavy atom. The number of amides is 1. The van der Waals surface area contributed by atoms with Crippen LogP contribution in [0.15, 0.2) is 35.7 Å². The minimum atomic E-state index is 0.217. The molecule has 0 N–H and O–H groups in total. The molecule has 5 heteroatoms. The van der Waals surface area contributed by atoms with E-state index in [9.17, 15) is 4.79 Å². The van der Waals surface area contributed by atoms with Crippen LogP contribution in [0.5, 0.6) is 0 Å². The number of thiophene rings is 1. The smallest absolute Gasteiger partial charge is 0.241 e. The van der Waals surface area contributed by atoms with Crippen LogP contribution in [0, 0.1) is 0 Å². The van der Waals surface area contributed by atoms with Gasteiger partial charge in [-0.05, 0) is 48.9 Å². The molecule has 2 aliphatic rings. The average Bonchev–Trinajstić information content (AvgIpc) is 3.03. The topological polar surface area (TPSA) is 26.8 Å². The van der Waals surface area contributed by atoms with E-state index in [4.69, 9.17) is 0 Å². The average molecular weight is 356 g/mol. The normalized spacial score (nSPS) is 20.8. The van der Waals surface area contributed by atoms with Crippen LogP contribution in [0.4, 0.5) is 11.4 Å². The molecule has 0 saturated carbocycles. The van der Waals surface area contributed by atoms with Crippen molar-refractivity contribution >= 4 is 28.6 Å². The third-order valence-electron chi connectivity index (χ3n) is 5.39. The van der Waals surface area contributed by atoms with Crippen molar-refractivity contribution in [3.8, 4) is 0 Å².